The minimum Gasteiger partial charge on any atom is -0.348 e. The van der Waals surface area contributed by atoms with Gasteiger partial charge in [0.2, 0.25) is 0 Å². The summed E-state index contributed by atoms with van der Waals surface area (Å²) >= 11 is 0. The molecule has 0 N–H and O–H groups in total. The third kappa shape index (κ3) is 2.83. The maximum Gasteiger partial charge on any atom is 0.163 e. The molecule has 0 amide bonds. The summed E-state index contributed by atoms with van der Waals surface area (Å²) in [5.41, 5.74) is 3.00. The molecule has 2 heteroatoms. The molecule has 4 rings (SSSR count). The lowest BCUT2D eigenvalue weighted by Gasteiger charge is -2.59. The topological polar surface area (TPSA) is 18.5 Å². The van der Waals surface area contributed by atoms with Gasteiger partial charge in [0.05, 0.1) is 12.7 Å². The second kappa shape index (κ2) is 5.58. The standard InChI is InChI=1S/C23H38O2/c1-20(2)11-7-12-23(6)17-10-13-22(5,14-16(17)8-9-18(20)23)19-15-24-21(3,4)25-19/h8,17-19H,7,9-15H2,1-6H3/t17-,18+,19-,22-,23+/m0/s1. The van der Waals surface area contributed by atoms with Crippen LogP contribution in [-0.2, 0) is 9.47 Å². The number of allylic oxidation sites excluding steroid dienone is 2. The normalized spacial score (nSPS) is 48.4. The summed E-state index contributed by atoms with van der Waals surface area (Å²) in [4.78, 5) is 0. The molecule has 0 aromatic rings. The van der Waals surface area contributed by atoms with E-state index in [-0.39, 0.29) is 11.5 Å². The maximum atomic E-state index is 6.29. The van der Waals surface area contributed by atoms with Crippen molar-refractivity contribution in [3.63, 3.8) is 0 Å². The molecule has 5 atom stereocenters. The SMILES string of the molecule is CC1(C)OC[C@@H]([C@@]2(C)CC[C@H]3C(=CC[C@@H]4C(C)(C)CCC[C@@]43C)C2)O1. The van der Waals surface area contributed by atoms with Crippen LogP contribution >= 0.6 is 0 Å². The van der Waals surface area contributed by atoms with E-state index in [1.807, 2.05) is 0 Å². The highest BCUT2D eigenvalue weighted by atomic mass is 16.7. The van der Waals surface area contributed by atoms with Gasteiger partial charge >= 0.3 is 0 Å². The molecule has 4 aliphatic rings. The van der Waals surface area contributed by atoms with Crippen LogP contribution in [-0.4, -0.2) is 18.5 Å². The number of rotatable bonds is 1. The van der Waals surface area contributed by atoms with E-state index in [0.29, 0.717) is 10.8 Å². The Bertz CT molecular complexity index is 575. The predicted octanol–water partition coefficient (Wildman–Crippen LogP) is 6.11. The maximum absolute atomic E-state index is 6.29. The highest BCUT2D eigenvalue weighted by Crippen LogP contribution is 2.64. The van der Waals surface area contributed by atoms with Crippen LogP contribution in [0.2, 0.25) is 0 Å². The van der Waals surface area contributed by atoms with Gasteiger partial charge < -0.3 is 9.47 Å². The molecule has 0 aromatic carbocycles. The molecule has 1 aliphatic heterocycles. The van der Waals surface area contributed by atoms with Crippen molar-refractivity contribution < 1.29 is 9.47 Å². The van der Waals surface area contributed by atoms with Gasteiger partial charge in [-0.25, -0.2) is 0 Å². The fourth-order valence-electron chi connectivity index (χ4n) is 7.05. The van der Waals surface area contributed by atoms with Crippen molar-refractivity contribution in [1.82, 2.24) is 0 Å². The van der Waals surface area contributed by atoms with Crippen LogP contribution < -0.4 is 0 Å². The van der Waals surface area contributed by atoms with Gasteiger partial charge in [0.25, 0.3) is 0 Å². The zero-order valence-corrected chi connectivity index (χ0v) is 17.3. The zero-order chi connectivity index (χ0) is 18.1. The summed E-state index contributed by atoms with van der Waals surface area (Å²) in [7, 11) is 0. The Hall–Kier alpha value is -0.340. The molecule has 3 aliphatic carbocycles. The zero-order valence-electron chi connectivity index (χ0n) is 17.3. The molecular weight excluding hydrogens is 308 g/mol. The largest absolute Gasteiger partial charge is 0.348 e. The Morgan fingerprint density at radius 1 is 1.00 bits per heavy atom. The van der Waals surface area contributed by atoms with Gasteiger partial charge in [0, 0.05) is 0 Å². The highest BCUT2D eigenvalue weighted by Gasteiger charge is 2.56. The predicted molar refractivity (Wildman–Crippen MR) is 102 cm³/mol. The first-order valence-electron chi connectivity index (χ1n) is 10.6. The molecule has 25 heavy (non-hydrogen) atoms. The van der Waals surface area contributed by atoms with E-state index in [0.717, 1.165) is 18.4 Å². The van der Waals surface area contributed by atoms with E-state index in [1.165, 1.54) is 44.9 Å². The van der Waals surface area contributed by atoms with E-state index in [2.05, 4.69) is 47.6 Å². The number of hydrogen-bond acceptors (Lipinski definition) is 2. The van der Waals surface area contributed by atoms with Gasteiger partial charge in [-0.2, -0.15) is 0 Å². The van der Waals surface area contributed by atoms with Crippen LogP contribution in [0.15, 0.2) is 11.6 Å². The molecule has 142 valence electrons. The van der Waals surface area contributed by atoms with E-state index in [4.69, 9.17) is 9.47 Å². The smallest absolute Gasteiger partial charge is 0.163 e. The van der Waals surface area contributed by atoms with Crippen LogP contribution in [0, 0.1) is 28.1 Å². The minimum absolute atomic E-state index is 0.240. The van der Waals surface area contributed by atoms with Crippen molar-refractivity contribution in [3.8, 4) is 0 Å². The Kier molecular flexibility index (Phi) is 4.03. The highest BCUT2D eigenvalue weighted by molar-refractivity contribution is 5.24. The lowest BCUT2D eigenvalue weighted by Crippen LogP contribution is -2.51. The average Bonchev–Trinajstić information content (AvgIpc) is 2.87. The number of hydrogen-bond donors (Lipinski definition) is 0. The molecule has 0 spiro atoms. The van der Waals surface area contributed by atoms with Crippen molar-refractivity contribution in [3.05, 3.63) is 11.6 Å². The average molecular weight is 347 g/mol. The van der Waals surface area contributed by atoms with E-state index in [1.54, 1.807) is 5.57 Å². The van der Waals surface area contributed by atoms with Gasteiger partial charge in [0.15, 0.2) is 5.79 Å². The van der Waals surface area contributed by atoms with Crippen molar-refractivity contribution in [2.24, 2.45) is 28.1 Å². The summed E-state index contributed by atoms with van der Waals surface area (Å²) in [6.45, 7) is 15.0. The molecule has 0 unspecified atom stereocenters. The Morgan fingerprint density at radius 2 is 1.76 bits per heavy atom. The molecule has 0 radical (unpaired) electrons. The number of fused-ring (bicyclic) bond motifs is 3. The molecule has 1 heterocycles. The molecule has 2 saturated carbocycles. The monoisotopic (exact) mass is 346 g/mol. The summed E-state index contributed by atoms with van der Waals surface area (Å²) in [6, 6.07) is 0. The summed E-state index contributed by atoms with van der Waals surface area (Å²) < 4.78 is 12.2. The van der Waals surface area contributed by atoms with Crippen molar-refractivity contribution >= 4 is 0 Å². The van der Waals surface area contributed by atoms with Gasteiger partial charge in [0.1, 0.15) is 0 Å². The second-order valence-electron chi connectivity index (χ2n) is 11.2. The van der Waals surface area contributed by atoms with Crippen molar-refractivity contribution in [2.45, 2.75) is 98.4 Å². The first-order valence-corrected chi connectivity index (χ1v) is 10.6. The Morgan fingerprint density at radius 3 is 2.44 bits per heavy atom. The third-order valence-electron chi connectivity index (χ3n) is 8.53. The summed E-state index contributed by atoms with van der Waals surface area (Å²) in [5.74, 6) is 1.25. The quantitative estimate of drug-likeness (QED) is 0.533. The molecule has 0 aromatic heterocycles. The molecule has 1 saturated heterocycles. The summed E-state index contributed by atoms with van der Waals surface area (Å²) in [6.07, 6.45) is 12.3. The van der Waals surface area contributed by atoms with E-state index >= 15 is 0 Å². The molecule has 2 nitrogen and oxygen atoms in total. The van der Waals surface area contributed by atoms with Crippen molar-refractivity contribution in [1.29, 1.82) is 0 Å². The van der Waals surface area contributed by atoms with E-state index in [9.17, 15) is 0 Å². The van der Waals surface area contributed by atoms with Crippen LogP contribution in [0.25, 0.3) is 0 Å². The Balaban J connectivity index is 1.58. The fraction of sp³-hybridized carbons (Fsp3) is 0.913. The second-order valence-corrected chi connectivity index (χ2v) is 11.2. The van der Waals surface area contributed by atoms with Crippen LogP contribution in [0.1, 0.15) is 86.5 Å². The van der Waals surface area contributed by atoms with Crippen LogP contribution in [0.3, 0.4) is 0 Å². The molecule has 3 fully saturated rings. The van der Waals surface area contributed by atoms with Gasteiger partial charge in [-0.15, -0.1) is 0 Å². The first kappa shape index (κ1) is 18.0. The van der Waals surface area contributed by atoms with Gasteiger partial charge in [-0.1, -0.05) is 45.8 Å². The van der Waals surface area contributed by atoms with E-state index < -0.39 is 5.79 Å². The summed E-state index contributed by atoms with van der Waals surface area (Å²) in [5, 5.41) is 0. The van der Waals surface area contributed by atoms with Crippen LogP contribution in [0.4, 0.5) is 0 Å². The first-order chi connectivity index (χ1) is 11.6. The minimum atomic E-state index is -0.407. The Labute approximate surface area is 154 Å². The lowest BCUT2D eigenvalue weighted by atomic mass is 9.45. The third-order valence-corrected chi connectivity index (χ3v) is 8.53. The lowest BCUT2D eigenvalue weighted by molar-refractivity contribution is -0.157. The van der Waals surface area contributed by atoms with Gasteiger partial charge in [-0.3, -0.25) is 0 Å². The molecule has 0 bridgehead atoms. The van der Waals surface area contributed by atoms with Crippen LogP contribution in [0.5, 0.6) is 0 Å². The molecular formula is C23H38O2. The van der Waals surface area contributed by atoms with Crippen molar-refractivity contribution in [2.75, 3.05) is 6.61 Å². The van der Waals surface area contributed by atoms with Gasteiger partial charge in [-0.05, 0) is 80.5 Å². The fourth-order valence-corrected chi connectivity index (χ4v) is 7.05. The number of ether oxygens (including phenoxy) is 2.